The average Bonchev–Trinajstić information content (AvgIpc) is 2.45. The minimum atomic E-state index is 0. The number of guanidine groups is 1. The Kier molecular flexibility index (Phi) is 11.1. The largest absolute Gasteiger partial charge is 0.494 e. The van der Waals surface area contributed by atoms with Crippen molar-refractivity contribution < 1.29 is 4.74 Å². The molecule has 0 atom stereocenters. The first kappa shape index (κ1) is 21.0. The Balaban J connectivity index is 0.00000441. The topological polar surface area (TPSA) is 36.9 Å². The Labute approximate surface area is 152 Å². The molecule has 0 spiro atoms. The smallest absolute Gasteiger partial charge is 0.193 e. The zero-order valence-electron chi connectivity index (χ0n) is 14.4. The molecule has 1 rings (SSSR count). The van der Waals surface area contributed by atoms with Gasteiger partial charge in [0.05, 0.1) is 6.61 Å². The zero-order valence-corrected chi connectivity index (χ0v) is 16.8. The van der Waals surface area contributed by atoms with Gasteiger partial charge < -0.3 is 15.0 Å². The number of halogens is 1. The minimum Gasteiger partial charge on any atom is -0.494 e. The minimum absolute atomic E-state index is 0. The zero-order chi connectivity index (χ0) is 15.7. The number of nitrogens with one attached hydrogen (secondary N) is 1. The Morgan fingerprint density at radius 3 is 2.36 bits per heavy atom. The molecule has 4 nitrogen and oxygen atoms in total. The lowest BCUT2D eigenvalue weighted by Crippen LogP contribution is -2.38. The predicted molar refractivity (Wildman–Crippen MR) is 105 cm³/mol. The fraction of sp³-hybridized carbons (Fsp3) is 0.588. The van der Waals surface area contributed by atoms with Crippen LogP contribution < -0.4 is 10.1 Å². The SMILES string of the molecule is CCNC(=NCC(C)C)N(C)Cc1ccc(OCC)cc1.I. The summed E-state index contributed by atoms with van der Waals surface area (Å²) in [6.45, 7) is 11.7. The number of benzene rings is 1. The maximum absolute atomic E-state index is 5.47. The van der Waals surface area contributed by atoms with E-state index < -0.39 is 0 Å². The van der Waals surface area contributed by atoms with Crippen LogP contribution in [0.25, 0.3) is 0 Å². The number of nitrogens with zero attached hydrogens (tertiary/aromatic N) is 2. The highest BCUT2D eigenvalue weighted by Gasteiger charge is 2.07. The van der Waals surface area contributed by atoms with E-state index in [1.165, 1.54) is 5.56 Å². The third kappa shape index (κ3) is 7.87. The van der Waals surface area contributed by atoms with Gasteiger partial charge in [-0.1, -0.05) is 26.0 Å². The van der Waals surface area contributed by atoms with Crippen molar-refractivity contribution >= 4 is 29.9 Å². The second-order valence-corrected chi connectivity index (χ2v) is 5.52. The highest BCUT2D eigenvalue weighted by atomic mass is 127. The van der Waals surface area contributed by atoms with Crippen molar-refractivity contribution in [1.29, 1.82) is 0 Å². The monoisotopic (exact) mass is 419 g/mol. The second kappa shape index (κ2) is 11.6. The number of ether oxygens (including phenoxy) is 1. The van der Waals surface area contributed by atoms with Crippen LogP contribution in [0.2, 0.25) is 0 Å². The van der Waals surface area contributed by atoms with E-state index >= 15 is 0 Å². The molecule has 22 heavy (non-hydrogen) atoms. The van der Waals surface area contributed by atoms with E-state index in [0.29, 0.717) is 12.5 Å². The van der Waals surface area contributed by atoms with Crippen molar-refractivity contribution in [2.24, 2.45) is 10.9 Å². The molecule has 0 bridgehead atoms. The van der Waals surface area contributed by atoms with Crippen LogP contribution in [0.1, 0.15) is 33.3 Å². The number of hydrogen-bond acceptors (Lipinski definition) is 2. The summed E-state index contributed by atoms with van der Waals surface area (Å²) in [4.78, 5) is 6.82. The molecule has 126 valence electrons. The molecule has 0 aliphatic rings. The van der Waals surface area contributed by atoms with Gasteiger partial charge in [-0.05, 0) is 37.5 Å². The van der Waals surface area contributed by atoms with Gasteiger partial charge in [0.2, 0.25) is 0 Å². The van der Waals surface area contributed by atoms with Crippen molar-refractivity contribution in [3.8, 4) is 5.75 Å². The van der Waals surface area contributed by atoms with Gasteiger partial charge >= 0.3 is 0 Å². The van der Waals surface area contributed by atoms with Crippen molar-refractivity contribution in [3.63, 3.8) is 0 Å². The lowest BCUT2D eigenvalue weighted by molar-refractivity contribution is 0.340. The summed E-state index contributed by atoms with van der Waals surface area (Å²) in [5.74, 6) is 2.45. The van der Waals surface area contributed by atoms with Gasteiger partial charge in [0.1, 0.15) is 5.75 Å². The van der Waals surface area contributed by atoms with E-state index in [4.69, 9.17) is 4.74 Å². The molecule has 1 N–H and O–H groups in total. The van der Waals surface area contributed by atoms with Crippen LogP contribution in [0.15, 0.2) is 29.3 Å². The summed E-state index contributed by atoms with van der Waals surface area (Å²) in [6.07, 6.45) is 0. The van der Waals surface area contributed by atoms with Gasteiger partial charge in [-0.25, -0.2) is 0 Å². The molecule has 0 amide bonds. The first-order valence-corrected chi connectivity index (χ1v) is 7.78. The molecular formula is C17H30IN3O. The molecule has 0 unspecified atom stereocenters. The predicted octanol–water partition coefficient (Wildman–Crippen LogP) is 3.76. The number of hydrogen-bond donors (Lipinski definition) is 1. The van der Waals surface area contributed by atoms with E-state index in [9.17, 15) is 0 Å². The summed E-state index contributed by atoms with van der Waals surface area (Å²) in [5, 5.41) is 3.34. The molecule has 0 aromatic heterocycles. The van der Waals surface area contributed by atoms with E-state index in [1.807, 2.05) is 19.1 Å². The maximum Gasteiger partial charge on any atom is 0.193 e. The first-order chi connectivity index (χ1) is 10.1. The molecule has 0 heterocycles. The van der Waals surface area contributed by atoms with E-state index in [1.54, 1.807) is 0 Å². The Morgan fingerprint density at radius 1 is 1.23 bits per heavy atom. The lowest BCUT2D eigenvalue weighted by Gasteiger charge is -2.22. The average molecular weight is 419 g/mol. The van der Waals surface area contributed by atoms with Crippen LogP contribution >= 0.6 is 24.0 Å². The van der Waals surface area contributed by atoms with Crippen LogP contribution in [-0.2, 0) is 6.54 Å². The van der Waals surface area contributed by atoms with Gasteiger partial charge in [-0.15, -0.1) is 24.0 Å². The third-order valence-corrected chi connectivity index (χ3v) is 2.96. The number of rotatable bonds is 7. The van der Waals surface area contributed by atoms with E-state index in [2.05, 4.69) is 55.2 Å². The Hall–Kier alpha value is -0.980. The lowest BCUT2D eigenvalue weighted by atomic mass is 10.2. The van der Waals surface area contributed by atoms with Gasteiger partial charge in [0.25, 0.3) is 0 Å². The van der Waals surface area contributed by atoms with Crippen molar-refractivity contribution in [3.05, 3.63) is 29.8 Å². The molecule has 0 aliphatic carbocycles. The molecule has 0 saturated heterocycles. The van der Waals surface area contributed by atoms with Gasteiger partial charge in [-0.3, -0.25) is 4.99 Å². The van der Waals surface area contributed by atoms with Gasteiger partial charge in [-0.2, -0.15) is 0 Å². The standard InChI is InChI=1S/C17H29N3O.HI/c1-6-18-17(19-12-14(3)4)20(5)13-15-8-10-16(11-9-15)21-7-2;/h8-11,14H,6-7,12-13H2,1-5H3,(H,18,19);1H. The molecule has 0 saturated carbocycles. The summed E-state index contributed by atoms with van der Waals surface area (Å²) in [7, 11) is 2.07. The quantitative estimate of drug-likeness (QED) is 0.416. The van der Waals surface area contributed by atoms with E-state index in [-0.39, 0.29) is 24.0 Å². The highest BCUT2D eigenvalue weighted by Crippen LogP contribution is 2.13. The molecular weight excluding hydrogens is 389 g/mol. The van der Waals surface area contributed by atoms with Crippen LogP contribution in [-0.4, -0.2) is 37.6 Å². The molecule has 1 aromatic rings. The summed E-state index contributed by atoms with van der Waals surface area (Å²) < 4.78 is 5.47. The van der Waals surface area contributed by atoms with Gasteiger partial charge in [0, 0.05) is 26.7 Å². The second-order valence-electron chi connectivity index (χ2n) is 5.52. The summed E-state index contributed by atoms with van der Waals surface area (Å²) in [6, 6.07) is 8.25. The molecule has 0 aliphatic heterocycles. The van der Waals surface area contributed by atoms with Crippen molar-refractivity contribution in [2.75, 3.05) is 26.7 Å². The summed E-state index contributed by atoms with van der Waals surface area (Å²) >= 11 is 0. The molecule has 5 heteroatoms. The maximum atomic E-state index is 5.47. The fourth-order valence-corrected chi connectivity index (χ4v) is 1.95. The molecule has 0 radical (unpaired) electrons. The molecule has 0 fully saturated rings. The van der Waals surface area contributed by atoms with Crippen LogP contribution in [0.3, 0.4) is 0 Å². The van der Waals surface area contributed by atoms with Crippen LogP contribution in [0, 0.1) is 5.92 Å². The van der Waals surface area contributed by atoms with Crippen molar-refractivity contribution in [1.82, 2.24) is 10.2 Å². The van der Waals surface area contributed by atoms with Gasteiger partial charge in [0.15, 0.2) is 5.96 Å². The molecule has 1 aromatic carbocycles. The third-order valence-electron chi connectivity index (χ3n) is 2.96. The number of aliphatic imine (C=N–C) groups is 1. The first-order valence-electron chi connectivity index (χ1n) is 7.78. The Morgan fingerprint density at radius 2 is 1.86 bits per heavy atom. The fourth-order valence-electron chi connectivity index (χ4n) is 1.95. The van der Waals surface area contributed by atoms with Crippen LogP contribution in [0.5, 0.6) is 5.75 Å². The van der Waals surface area contributed by atoms with Crippen molar-refractivity contribution in [2.45, 2.75) is 34.2 Å². The normalized spacial score (nSPS) is 11.1. The van der Waals surface area contributed by atoms with E-state index in [0.717, 1.165) is 31.3 Å². The highest BCUT2D eigenvalue weighted by molar-refractivity contribution is 14.0. The summed E-state index contributed by atoms with van der Waals surface area (Å²) in [5.41, 5.74) is 1.25. The Bertz CT molecular complexity index is 432. The van der Waals surface area contributed by atoms with Crippen LogP contribution in [0.4, 0.5) is 0 Å².